The van der Waals surface area contributed by atoms with E-state index in [2.05, 4.69) is 5.10 Å². The van der Waals surface area contributed by atoms with Crippen LogP contribution in [0, 0.1) is 0 Å². The summed E-state index contributed by atoms with van der Waals surface area (Å²) in [7, 11) is 2.99. The highest BCUT2D eigenvalue weighted by Gasteiger charge is 2.23. The van der Waals surface area contributed by atoms with Crippen molar-refractivity contribution >= 4 is 22.5 Å². The summed E-state index contributed by atoms with van der Waals surface area (Å²) in [6, 6.07) is 13.2. The predicted octanol–water partition coefficient (Wildman–Crippen LogP) is 2.37. The lowest BCUT2D eigenvalue weighted by Gasteiger charge is -2.13. The topological polar surface area (TPSA) is 87.5 Å². The molecule has 27 heavy (non-hydrogen) atoms. The Balaban J connectivity index is 1.86. The number of benzene rings is 2. The molecule has 0 aliphatic heterocycles. The molecule has 1 aromatic heterocycles. The lowest BCUT2D eigenvalue weighted by atomic mass is 10.1. The molecule has 7 heteroatoms. The number of aromatic nitrogens is 2. The first-order chi connectivity index (χ1) is 12.9. The average molecular weight is 366 g/mol. The minimum atomic E-state index is -1.01. The molecule has 0 bridgehead atoms. The van der Waals surface area contributed by atoms with Crippen LogP contribution >= 0.6 is 0 Å². The van der Waals surface area contributed by atoms with Crippen molar-refractivity contribution in [2.24, 2.45) is 7.05 Å². The summed E-state index contributed by atoms with van der Waals surface area (Å²) < 4.78 is 11.5. The van der Waals surface area contributed by atoms with E-state index in [1.165, 1.54) is 21.1 Å². The highest BCUT2D eigenvalue weighted by atomic mass is 16.5. The molecule has 0 saturated heterocycles. The fourth-order valence-corrected chi connectivity index (χ4v) is 2.71. The van der Waals surface area contributed by atoms with E-state index in [4.69, 9.17) is 9.47 Å². The maximum Gasteiger partial charge on any atom is 0.360 e. The monoisotopic (exact) mass is 366 g/mol. The van der Waals surface area contributed by atoms with Gasteiger partial charge in [-0.05, 0) is 37.3 Å². The number of carbonyl (C=O) groups excluding carboxylic acids is 2. The Hall–Kier alpha value is -3.48. The summed E-state index contributed by atoms with van der Waals surface area (Å²) in [4.78, 5) is 37.3. The molecule has 2 aromatic carbocycles. The van der Waals surface area contributed by atoms with Gasteiger partial charge in [0.05, 0.1) is 12.5 Å². The summed E-state index contributed by atoms with van der Waals surface area (Å²) in [5.74, 6) is -0.492. The van der Waals surface area contributed by atoms with Crippen molar-refractivity contribution in [2.45, 2.75) is 13.0 Å². The first-order valence-electron chi connectivity index (χ1n) is 8.27. The standard InChI is InChI=1S/C20H18N2O5/c1-12(18(23)13-8-10-14(26-3)11-9-13)27-20(25)17-15-6-4-5-7-16(15)19(24)22(2)21-17/h4-12H,1-3H3/t12-/m0/s1. The fourth-order valence-electron chi connectivity index (χ4n) is 2.71. The van der Waals surface area contributed by atoms with Crippen LogP contribution in [0.5, 0.6) is 5.75 Å². The quantitative estimate of drug-likeness (QED) is 0.509. The van der Waals surface area contributed by atoms with Crippen molar-refractivity contribution in [2.75, 3.05) is 7.11 Å². The molecular weight excluding hydrogens is 348 g/mol. The van der Waals surface area contributed by atoms with Crippen molar-refractivity contribution < 1.29 is 19.1 Å². The zero-order valence-electron chi connectivity index (χ0n) is 15.1. The number of hydrogen-bond acceptors (Lipinski definition) is 6. The van der Waals surface area contributed by atoms with Crippen LogP contribution in [-0.2, 0) is 11.8 Å². The molecule has 0 amide bonds. The van der Waals surface area contributed by atoms with E-state index in [0.717, 1.165) is 4.68 Å². The van der Waals surface area contributed by atoms with E-state index < -0.39 is 12.1 Å². The van der Waals surface area contributed by atoms with E-state index in [1.807, 2.05) is 0 Å². The van der Waals surface area contributed by atoms with Gasteiger partial charge in [0.15, 0.2) is 11.8 Å². The summed E-state index contributed by atoms with van der Waals surface area (Å²) in [5, 5.41) is 4.75. The summed E-state index contributed by atoms with van der Waals surface area (Å²) in [6.07, 6.45) is -1.01. The number of methoxy groups -OCH3 is 1. The molecule has 1 atom stereocenters. The van der Waals surface area contributed by atoms with E-state index in [0.29, 0.717) is 22.1 Å². The lowest BCUT2D eigenvalue weighted by Crippen LogP contribution is -2.28. The minimum Gasteiger partial charge on any atom is -0.497 e. The molecule has 0 fully saturated rings. The third-order valence-electron chi connectivity index (χ3n) is 4.18. The lowest BCUT2D eigenvalue weighted by molar-refractivity contribution is 0.0313. The van der Waals surface area contributed by atoms with Gasteiger partial charge >= 0.3 is 5.97 Å². The van der Waals surface area contributed by atoms with Gasteiger partial charge in [0.2, 0.25) is 5.78 Å². The molecule has 0 spiro atoms. The van der Waals surface area contributed by atoms with Gasteiger partial charge < -0.3 is 9.47 Å². The number of esters is 1. The number of aryl methyl sites for hydroxylation is 1. The fraction of sp³-hybridized carbons (Fsp3) is 0.200. The molecular formula is C20H18N2O5. The molecule has 1 heterocycles. The van der Waals surface area contributed by atoms with E-state index in [9.17, 15) is 14.4 Å². The molecule has 138 valence electrons. The van der Waals surface area contributed by atoms with Crippen molar-refractivity contribution in [3.8, 4) is 5.75 Å². The normalized spacial score (nSPS) is 11.8. The van der Waals surface area contributed by atoms with Crippen LogP contribution in [-0.4, -0.2) is 34.7 Å². The van der Waals surface area contributed by atoms with Gasteiger partial charge in [-0.3, -0.25) is 9.59 Å². The maximum absolute atomic E-state index is 12.6. The number of ketones is 1. The number of rotatable bonds is 5. The van der Waals surface area contributed by atoms with Crippen LogP contribution < -0.4 is 10.3 Å². The second-order valence-electron chi connectivity index (χ2n) is 5.96. The Morgan fingerprint density at radius 2 is 1.67 bits per heavy atom. The van der Waals surface area contributed by atoms with Crippen molar-refractivity contribution in [1.82, 2.24) is 9.78 Å². The van der Waals surface area contributed by atoms with E-state index in [1.54, 1.807) is 48.5 Å². The van der Waals surface area contributed by atoms with Crippen molar-refractivity contribution in [3.63, 3.8) is 0 Å². The summed E-state index contributed by atoms with van der Waals surface area (Å²) in [6.45, 7) is 1.49. The second-order valence-corrected chi connectivity index (χ2v) is 5.96. The Morgan fingerprint density at radius 3 is 2.30 bits per heavy atom. The van der Waals surface area contributed by atoms with Crippen LogP contribution in [0.2, 0.25) is 0 Å². The first kappa shape index (κ1) is 18.3. The Bertz CT molecular complexity index is 1070. The maximum atomic E-state index is 12.6. The molecule has 7 nitrogen and oxygen atoms in total. The van der Waals surface area contributed by atoms with Crippen LogP contribution in [0.3, 0.4) is 0 Å². The summed E-state index contributed by atoms with van der Waals surface area (Å²) >= 11 is 0. The molecule has 3 rings (SSSR count). The van der Waals surface area contributed by atoms with Gasteiger partial charge in [-0.2, -0.15) is 5.10 Å². The number of fused-ring (bicyclic) bond motifs is 1. The van der Waals surface area contributed by atoms with Crippen molar-refractivity contribution in [3.05, 3.63) is 70.1 Å². The number of hydrogen-bond donors (Lipinski definition) is 0. The number of nitrogens with zero attached hydrogens (tertiary/aromatic N) is 2. The Morgan fingerprint density at radius 1 is 1.04 bits per heavy atom. The van der Waals surface area contributed by atoms with Gasteiger partial charge in [0, 0.05) is 18.0 Å². The van der Waals surface area contributed by atoms with Crippen LogP contribution in [0.15, 0.2) is 53.3 Å². The van der Waals surface area contributed by atoms with E-state index >= 15 is 0 Å². The van der Waals surface area contributed by atoms with Gasteiger partial charge in [-0.15, -0.1) is 0 Å². The first-order valence-corrected chi connectivity index (χ1v) is 8.27. The molecule has 0 saturated carbocycles. The molecule has 3 aromatic rings. The average Bonchev–Trinajstić information content (AvgIpc) is 2.70. The molecule has 0 unspecified atom stereocenters. The summed E-state index contributed by atoms with van der Waals surface area (Å²) in [5.41, 5.74) is 0.0703. The minimum absolute atomic E-state index is 0.0120. The molecule has 0 aliphatic carbocycles. The highest BCUT2D eigenvalue weighted by molar-refractivity contribution is 6.05. The van der Waals surface area contributed by atoms with Gasteiger partial charge in [-0.25, -0.2) is 9.48 Å². The number of Topliss-reactive ketones (excluding diaryl/α,β-unsaturated/α-hetero) is 1. The second kappa shape index (κ2) is 7.41. The predicted molar refractivity (Wildman–Crippen MR) is 99.2 cm³/mol. The Labute approximate surface area is 155 Å². The van der Waals surface area contributed by atoms with E-state index in [-0.39, 0.29) is 17.0 Å². The molecule has 0 radical (unpaired) electrons. The van der Waals surface area contributed by atoms with Crippen LogP contribution in [0.4, 0.5) is 0 Å². The zero-order valence-corrected chi connectivity index (χ0v) is 15.1. The van der Waals surface area contributed by atoms with Crippen molar-refractivity contribution in [1.29, 1.82) is 0 Å². The Kier molecular flexibility index (Phi) is 5.03. The smallest absolute Gasteiger partial charge is 0.360 e. The molecule has 0 N–H and O–H groups in total. The van der Waals surface area contributed by atoms with Gasteiger partial charge in [-0.1, -0.05) is 18.2 Å². The third kappa shape index (κ3) is 3.57. The highest BCUT2D eigenvalue weighted by Crippen LogP contribution is 2.17. The largest absolute Gasteiger partial charge is 0.497 e. The zero-order chi connectivity index (χ0) is 19.6. The van der Waals surface area contributed by atoms with Gasteiger partial charge in [0.25, 0.3) is 5.56 Å². The van der Waals surface area contributed by atoms with Crippen LogP contribution in [0.1, 0.15) is 27.8 Å². The van der Waals surface area contributed by atoms with Crippen LogP contribution in [0.25, 0.3) is 10.8 Å². The molecule has 0 aliphatic rings. The van der Waals surface area contributed by atoms with Gasteiger partial charge in [0.1, 0.15) is 5.75 Å². The number of ether oxygens (including phenoxy) is 2. The number of carbonyl (C=O) groups is 2. The SMILES string of the molecule is COc1ccc(C(=O)[C@H](C)OC(=O)c2nn(C)c(=O)c3ccccc23)cc1. The third-order valence-corrected chi connectivity index (χ3v) is 4.18.